The Hall–Kier alpha value is -1.06. The normalized spacial score (nSPS) is 22.5. The van der Waals surface area contributed by atoms with E-state index in [0.29, 0.717) is 5.92 Å². The van der Waals surface area contributed by atoms with Gasteiger partial charge < -0.3 is 5.32 Å². The number of anilines is 1. The van der Waals surface area contributed by atoms with E-state index in [0.717, 1.165) is 24.9 Å². The van der Waals surface area contributed by atoms with Gasteiger partial charge in [0.25, 0.3) is 0 Å². The number of aryl methyl sites for hydroxylation is 1. The van der Waals surface area contributed by atoms with E-state index in [2.05, 4.69) is 22.3 Å². The SMILES string of the molecule is Cc1nc2n(n1)CC(C)CN2. The van der Waals surface area contributed by atoms with Gasteiger partial charge in [-0.15, -0.1) is 0 Å². The van der Waals surface area contributed by atoms with Crippen LogP contribution in [0.2, 0.25) is 0 Å². The molecule has 1 aromatic heterocycles. The fourth-order valence-corrected chi connectivity index (χ4v) is 1.34. The van der Waals surface area contributed by atoms with E-state index in [-0.39, 0.29) is 0 Å². The lowest BCUT2D eigenvalue weighted by atomic mass is 10.1. The molecule has 0 saturated heterocycles. The summed E-state index contributed by atoms with van der Waals surface area (Å²) in [5, 5.41) is 7.47. The first-order valence-electron chi connectivity index (χ1n) is 3.91. The van der Waals surface area contributed by atoms with Crippen LogP contribution < -0.4 is 5.32 Å². The van der Waals surface area contributed by atoms with Crippen molar-refractivity contribution in [1.82, 2.24) is 14.8 Å². The van der Waals surface area contributed by atoms with E-state index >= 15 is 0 Å². The molecule has 0 aromatic carbocycles. The highest BCUT2D eigenvalue weighted by atomic mass is 15.4. The molecule has 60 valence electrons. The van der Waals surface area contributed by atoms with Crippen LogP contribution >= 0.6 is 0 Å². The first-order valence-corrected chi connectivity index (χ1v) is 3.91. The molecular weight excluding hydrogens is 140 g/mol. The number of hydrogen-bond acceptors (Lipinski definition) is 3. The van der Waals surface area contributed by atoms with Crippen molar-refractivity contribution in [3.8, 4) is 0 Å². The molecule has 0 bridgehead atoms. The average Bonchev–Trinajstić information content (AvgIpc) is 2.27. The number of nitrogens with zero attached hydrogens (tertiary/aromatic N) is 3. The van der Waals surface area contributed by atoms with E-state index in [1.807, 2.05) is 11.6 Å². The van der Waals surface area contributed by atoms with Crippen LogP contribution in [-0.4, -0.2) is 21.3 Å². The summed E-state index contributed by atoms with van der Waals surface area (Å²) in [6.45, 7) is 6.12. The van der Waals surface area contributed by atoms with Gasteiger partial charge in [-0.3, -0.25) is 0 Å². The molecule has 0 spiro atoms. The molecule has 0 saturated carbocycles. The van der Waals surface area contributed by atoms with Crippen LogP contribution in [0.25, 0.3) is 0 Å². The number of aromatic nitrogens is 3. The average molecular weight is 152 g/mol. The summed E-state index contributed by atoms with van der Waals surface area (Å²) in [7, 11) is 0. The van der Waals surface area contributed by atoms with E-state index in [4.69, 9.17) is 0 Å². The Labute approximate surface area is 65.6 Å². The molecule has 0 radical (unpaired) electrons. The summed E-state index contributed by atoms with van der Waals surface area (Å²) in [5.74, 6) is 2.42. The maximum Gasteiger partial charge on any atom is 0.221 e. The zero-order valence-corrected chi connectivity index (χ0v) is 6.83. The standard InChI is InChI=1S/C7H12N4/c1-5-3-8-7-9-6(2)10-11(7)4-5/h5H,3-4H2,1-2H3,(H,8,9,10). The minimum atomic E-state index is 0.656. The lowest BCUT2D eigenvalue weighted by molar-refractivity contribution is 0.442. The Morgan fingerprint density at radius 1 is 1.64 bits per heavy atom. The van der Waals surface area contributed by atoms with Gasteiger partial charge in [-0.05, 0) is 12.8 Å². The number of hydrogen-bond donors (Lipinski definition) is 1. The minimum Gasteiger partial charge on any atom is -0.354 e. The third-order valence-corrected chi connectivity index (χ3v) is 1.87. The molecule has 1 aromatic rings. The van der Waals surface area contributed by atoms with Crippen LogP contribution in [0.4, 0.5) is 5.95 Å². The van der Waals surface area contributed by atoms with Crippen molar-refractivity contribution in [3.63, 3.8) is 0 Å². The van der Waals surface area contributed by atoms with Crippen LogP contribution in [0.3, 0.4) is 0 Å². The van der Waals surface area contributed by atoms with Crippen molar-refractivity contribution in [2.24, 2.45) is 5.92 Å². The zero-order valence-electron chi connectivity index (χ0n) is 6.83. The smallest absolute Gasteiger partial charge is 0.221 e. The van der Waals surface area contributed by atoms with Crippen molar-refractivity contribution in [3.05, 3.63) is 5.82 Å². The Kier molecular flexibility index (Phi) is 1.34. The fourth-order valence-electron chi connectivity index (χ4n) is 1.34. The first kappa shape index (κ1) is 6.64. The lowest BCUT2D eigenvalue weighted by Gasteiger charge is -2.19. The molecule has 2 heterocycles. The van der Waals surface area contributed by atoms with E-state index in [9.17, 15) is 0 Å². The van der Waals surface area contributed by atoms with Crippen molar-refractivity contribution in [1.29, 1.82) is 0 Å². The highest BCUT2D eigenvalue weighted by molar-refractivity contribution is 5.26. The second-order valence-electron chi connectivity index (χ2n) is 3.15. The largest absolute Gasteiger partial charge is 0.354 e. The summed E-state index contributed by atoms with van der Waals surface area (Å²) in [5.41, 5.74) is 0. The van der Waals surface area contributed by atoms with Crippen LogP contribution in [-0.2, 0) is 6.54 Å². The Morgan fingerprint density at radius 3 is 3.27 bits per heavy atom. The molecule has 1 unspecified atom stereocenters. The molecule has 11 heavy (non-hydrogen) atoms. The lowest BCUT2D eigenvalue weighted by Crippen LogP contribution is -2.25. The molecular formula is C7H12N4. The molecule has 4 heteroatoms. The van der Waals surface area contributed by atoms with E-state index in [1.165, 1.54) is 0 Å². The maximum absolute atomic E-state index is 4.24. The van der Waals surface area contributed by atoms with Crippen LogP contribution in [0, 0.1) is 12.8 Å². The first-order chi connectivity index (χ1) is 5.25. The van der Waals surface area contributed by atoms with Gasteiger partial charge in [0.1, 0.15) is 5.82 Å². The monoisotopic (exact) mass is 152 g/mol. The molecule has 2 rings (SSSR count). The van der Waals surface area contributed by atoms with Gasteiger partial charge in [0.2, 0.25) is 5.95 Å². The van der Waals surface area contributed by atoms with Gasteiger partial charge >= 0.3 is 0 Å². The summed E-state index contributed by atoms with van der Waals surface area (Å²) in [6, 6.07) is 0. The highest BCUT2D eigenvalue weighted by Gasteiger charge is 2.15. The Balaban J connectivity index is 2.34. The van der Waals surface area contributed by atoms with Gasteiger partial charge in [-0.1, -0.05) is 6.92 Å². The van der Waals surface area contributed by atoms with Crippen molar-refractivity contribution >= 4 is 5.95 Å². The minimum absolute atomic E-state index is 0.656. The van der Waals surface area contributed by atoms with Crippen LogP contribution in [0.5, 0.6) is 0 Å². The van der Waals surface area contributed by atoms with E-state index < -0.39 is 0 Å². The van der Waals surface area contributed by atoms with E-state index in [1.54, 1.807) is 0 Å². The van der Waals surface area contributed by atoms with Gasteiger partial charge in [0.15, 0.2) is 0 Å². The molecule has 4 nitrogen and oxygen atoms in total. The molecule has 1 atom stereocenters. The third-order valence-electron chi connectivity index (χ3n) is 1.87. The number of nitrogens with one attached hydrogen (secondary N) is 1. The number of fused-ring (bicyclic) bond motifs is 1. The second-order valence-corrected chi connectivity index (χ2v) is 3.15. The fraction of sp³-hybridized carbons (Fsp3) is 0.714. The Bertz CT molecular complexity index is 265. The van der Waals surface area contributed by atoms with Crippen molar-refractivity contribution in [2.45, 2.75) is 20.4 Å². The summed E-state index contributed by atoms with van der Waals surface area (Å²) in [4.78, 5) is 4.23. The molecule has 1 N–H and O–H groups in total. The molecule has 1 aliphatic rings. The predicted octanol–water partition coefficient (Wildman–Crippen LogP) is 0.648. The van der Waals surface area contributed by atoms with Gasteiger partial charge in [-0.25, -0.2) is 4.68 Å². The molecule has 0 amide bonds. The summed E-state index contributed by atoms with van der Waals surface area (Å²) in [6.07, 6.45) is 0. The second kappa shape index (κ2) is 2.22. The van der Waals surface area contributed by atoms with Gasteiger partial charge in [0, 0.05) is 13.1 Å². The summed E-state index contributed by atoms with van der Waals surface area (Å²) >= 11 is 0. The van der Waals surface area contributed by atoms with Crippen LogP contribution in [0.1, 0.15) is 12.7 Å². The topological polar surface area (TPSA) is 42.7 Å². The quantitative estimate of drug-likeness (QED) is 0.593. The maximum atomic E-state index is 4.24. The molecule has 0 aliphatic carbocycles. The van der Waals surface area contributed by atoms with Crippen molar-refractivity contribution < 1.29 is 0 Å². The van der Waals surface area contributed by atoms with Gasteiger partial charge in [0.05, 0.1) is 0 Å². The highest BCUT2D eigenvalue weighted by Crippen LogP contribution is 2.13. The summed E-state index contributed by atoms with van der Waals surface area (Å²) < 4.78 is 1.93. The number of rotatable bonds is 0. The predicted molar refractivity (Wildman–Crippen MR) is 42.4 cm³/mol. The van der Waals surface area contributed by atoms with Gasteiger partial charge in [-0.2, -0.15) is 10.1 Å². The van der Waals surface area contributed by atoms with Crippen LogP contribution in [0.15, 0.2) is 0 Å². The molecule has 1 aliphatic heterocycles. The van der Waals surface area contributed by atoms with Crippen molar-refractivity contribution in [2.75, 3.05) is 11.9 Å². The third kappa shape index (κ3) is 1.08. The zero-order chi connectivity index (χ0) is 7.84. The Morgan fingerprint density at radius 2 is 2.45 bits per heavy atom. The molecule has 0 fully saturated rings.